The maximum atomic E-state index is 12.0. The topological polar surface area (TPSA) is 76.6 Å². The molecule has 2 N–H and O–H groups in total. The number of benzene rings is 1. The van der Waals surface area contributed by atoms with Crippen LogP contribution < -0.4 is 5.73 Å². The van der Waals surface area contributed by atoms with Crippen molar-refractivity contribution in [3.05, 3.63) is 53.1 Å². The Labute approximate surface area is 227 Å². The third kappa shape index (κ3) is 5.91. The summed E-state index contributed by atoms with van der Waals surface area (Å²) in [5.41, 5.74) is 10.1. The number of piperidine rings is 1. The van der Waals surface area contributed by atoms with Gasteiger partial charge in [-0.2, -0.15) is 0 Å². The van der Waals surface area contributed by atoms with E-state index in [9.17, 15) is 4.79 Å². The van der Waals surface area contributed by atoms with E-state index in [0.29, 0.717) is 31.2 Å². The summed E-state index contributed by atoms with van der Waals surface area (Å²) in [5, 5.41) is 0. The molecular weight excluding hydrogens is 509 g/mol. The number of aromatic nitrogens is 2. The summed E-state index contributed by atoms with van der Waals surface area (Å²) in [4.78, 5) is 21.3. The molecule has 3 aliphatic rings. The van der Waals surface area contributed by atoms with Crippen LogP contribution in [0.25, 0.3) is 0 Å². The summed E-state index contributed by atoms with van der Waals surface area (Å²) in [6.07, 6.45) is 6.53. The second-order valence-corrected chi connectivity index (χ2v) is 9.62. The summed E-state index contributed by atoms with van der Waals surface area (Å²) in [5.74, 6) is 1.09. The Morgan fingerprint density at radius 2 is 1.77 bits per heavy atom. The highest BCUT2D eigenvalue weighted by Crippen LogP contribution is 2.42. The van der Waals surface area contributed by atoms with Gasteiger partial charge in [-0.05, 0) is 44.6 Å². The van der Waals surface area contributed by atoms with Gasteiger partial charge in [-0.15, -0.1) is 37.2 Å². The van der Waals surface area contributed by atoms with E-state index in [1.807, 2.05) is 6.07 Å². The van der Waals surface area contributed by atoms with Crippen molar-refractivity contribution in [2.75, 3.05) is 20.2 Å². The number of nitrogens with zero attached hydrogens (tertiary/aromatic N) is 4. The number of nitrogens with two attached hydrogens (primary N) is 1. The number of amides is 1. The van der Waals surface area contributed by atoms with Gasteiger partial charge in [-0.1, -0.05) is 30.3 Å². The normalized spacial score (nSPS) is 23.9. The first-order valence-corrected chi connectivity index (χ1v) is 12.0. The number of imidazole rings is 1. The summed E-state index contributed by atoms with van der Waals surface area (Å²) in [6.45, 7) is 4.45. The Kier molecular flexibility index (Phi) is 10.7. The minimum Gasteiger partial charge on any atom is -0.453 e. The van der Waals surface area contributed by atoms with Crippen LogP contribution in [-0.2, 0) is 17.7 Å². The van der Waals surface area contributed by atoms with Crippen molar-refractivity contribution in [1.82, 2.24) is 19.4 Å². The van der Waals surface area contributed by atoms with E-state index in [-0.39, 0.29) is 49.4 Å². The highest BCUT2D eigenvalue weighted by Gasteiger charge is 2.42. The van der Waals surface area contributed by atoms with Crippen molar-refractivity contribution in [2.45, 2.75) is 76.2 Å². The average Bonchev–Trinajstić information content (AvgIpc) is 3.27. The van der Waals surface area contributed by atoms with Crippen LogP contribution >= 0.6 is 37.2 Å². The molecule has 1 aromatic heterocycles. The van der Waals surface area contributed by atoms with Gasteiger partial charge in [0.15, 0.2) is 0 Å². The minimum absolute atomic E-state index is 0. The van der Waals surface area contributed by atoms with E-state index in [1.54, 1.807) is 4.90 Å². The van der Waals surface area contributed by atoms with Crippen molar-refractivity contribution in [3.63, 3.8) is 0 Å². The zero-order valence-corrected chi connectivity index (χ0v) is 22.9. The van der Waals surface area contributed by atoms with E-state index in [2.05, 4.69) is 40.7 Å². The lowest BCUT2D eigenvalue weighted by atomic mass is 9.95. The van der Waals surface area contributed by atoms with Gasteiger partial charge >= 0.3 is 6.09 Å². The molecule has 1 amide bonds. The maximum absolute atomic E-state index is 12.0. The number of methoxy groups -OCH3 is 1. The minimum atomic E-state index is -0.261. The Balaban J connectivity index is 0.00000144. The van der Waals surface area contributed by atoms with Crippen molar-refractivity contribution >= 4 is 43.3 Å². The highest BCUT2D eigenvalue weighted by molar-refractivity contribution is 5.86. The molecule has 0 radical (unpaired) electrons. The summed E-state index contributed by atoms with van der Waals surface area (Å²) >= 11 is 0. The molecule has 10 heteroatoms. The number of halogens is 3. The number of carbonyl (C=O) groups is 1. The van der Waals surface area contributed by atoms with Crippen molar-refractivity contribution in [1.29, 1.82) is 0 Å². The average molecular weight is 547 g/mol. The molecule has 5 rings (SSSR count). The Hall–Kier alpha value is -1.51. The molecule has 7 nitrogen and oxygen atoms in total. The first-order chi connectivity index (χ1) is 15.5. The zero-order chi connectivity index (χ0) is 22.2. The van der Waals surface area contributed by atoms with Gasteiger partial charge in [-0.3, -0.25) is 4.90 Å². The van der Waals surface area contributed by atoms with E-state index in [0.717, 1.165) is 30.9 Å². The molecule has 4 heterocycles. The SMILES string of the molecule is COC(=O)N1CCc2c(nc(C)n2[C@H]2C[C@H]3CC[C@@H](C2)N3CC[C@H](N)c2ccccc2)C1.Cl.Cl.Cl. The number of fused-ring (bicyclic) bond motifs is 3. The Bertz CT molecular complexity index is 960. The van der Waals surface area contributed by atoms with Gasteiger partial charge in [0.2, 0.25) is 0 Å². The molecule has 3 aliphatic heterocycles. The third-order valence-electron chi connectivity index (χ3n) is 7.81. The Morgan fingerprint density at radius 1 is 1.11 bits per heavy atom. The van der Waals surface area contributed by atoms with Crippen LogP contribution in [0, 0.1) is 6.92 Å². The van der Waals surface area contributed by atoms with Crippen LogP contribution in [0.2, 0.25) is 0 Å². The van der Waals surface area contributed by atoms with Crippen molar-refractivity contribution < 1.29 is 9.53 Å². The van der Waals surface area contributed by atoms with E-state index in [4.69, 9.17) is 15.5 Å². The number of carbonyl (C=O) groups excluding carboxylic acids is 1. The lowest BCUT2D eigenvalue weighted by Crippen LogP contribution is -2.45. The van der Waals surface area contributed by atoms with Crippen molar-refractivity contribution in [3.8, 4) is 0 Å². The van der Waals surface area contributed by atoms with E-state index < -0.39 is 0 Å². The molecule has 1 aromatic carbocycles. The fourth-order valence-corrected chi connectivity index (χ4v) is 6.29. The second kappa shape index (κ2) is 12.6. The highest BCUT2D eigenvalue weighted by atomic mass is 35.5. The molecule has 4 atom stereocenters. The summed E-state index contributed by atoms with van der Waals surface area (Å²) in [6, 6.07) is 12.3. The molecular formula is C25H38Cl3N5O2. The van der Waals surface area contributed by atoms with Gasteiger partial charge in [0.25, 0.3) is 0 Å². The molecule has 2 aromatic rings. The predicted octanol–water partition coefficient (Wildman–Crippen LogP) is 4.84. The molecule has 2 fully saturated rings. The number of rotatable bonds is 5. The van der Waals surface area contributed by atoms with Crippen LogP contribution in [0.4, 0.5) is 4.79 Å². The number of hydrogen-bond acceptors (Lipinski definition) is 5. The molecule has 35 heavy (non-hydrogen) atoms. The standard InChI is InChI=1S/C25H35N5O2.3ClH/c1-17-27-23-16-28(25(31)32-2)12-11-24(23)30(17)21-14-19-8-9-20(15-21)29(19)13-10-22(26)18-6-4-3-5-7-18;;;/h3-7,19-22H,8-16,26H2,1-2H3;3*1H/t19-,20+,21+,22-;;;/m0.../s1. The van der Waals surface area contributed by atoms with E-state index in [1.165, 1.54) is 44.1 Å². The van der Waals surface area contributed by atoms with Crippen LogP contribution in [0.3, 0.4) is 0 Å². The molecule has 0 aliphatic carbocycles. The molecule has 0 saturated carbocycles. The second-order valence-electron chi connectivity index (χ2n) is 9.62. The third-order valence-corrected chi connectivity index (χ3v) is 7.81. The Morgan fingerprint density at radius 3 is 2.40 bits per heavy atom. The summed E-state index contributed by atoms with van der Waals surface area (Å²) < 4.78 is 7.41. The first kappa shape index (κ1) is 29.7. The van der Waals surface area contributed by atoms with E-state index >= 15 is 0 Å². The van der Waals surface area contributed by atoms with Crippen LogP contribution in [0.1, 0.15) is 67.0 Å². The fraction of sp³-hybridized carbons (Fsp3) is 0.600. The van der Waals surface area contributed by atoms with Crippen LogP contribution in [0.15, 0.2) is 30.3 Å². The molecule has 0 unspecified atom stereocenters. The predicted molar refractivity (Wildman–Crippen MR) is 145 cm³/mol. The number of aryl methyl sites for hydroxylation is 1. The fourth-order valence-electron chi connectivity index (χ4n) is 6.29. The first-order valence-electron chi connectivity index (χ1n) is 12.0. The van der Waals surface area contributed by atoms with Crippen LogP contribution in [-0.4, -0.2) is 57.7 Å². The van der Waals surface area contributed by atoms with Gasteiger partial charge < -0.3 is 19.9 Å². The zero-order valence-electron chi connectivity index (χ0n) is 20.5. The van der Waals surface area contributed by atoms with Gasteiger partial charge in [-0.25, -0.2) is 9.78 Å². The van der Waals surface area contributed by atoms with Gasteiger partial charge in [0.1, 0.15) is 5.82 Å². The quantitative estimate of drug-likeness (QED) is 0.581. The smallest absolute Gasteiger partial charge is 0.409 e. The van der Waals surface area contributed by atoms with Crippen molar-refractivity contribution in [2.24, 2.45) is 5.73 Å². The number of ether oxygens (including phenoxy) is 1. The summed E-state index contributed by atoms with van der Waals surface area (Å²) in [7, 11) is 1.44. The lowest BCUT2D eigenvalue weighted by molar-refractivity contribution is 0.100. The molecule has 0 spiro atoms. The molecule has 2 saturated heterocycles. The maximum Gasteiger partial charge on any atom is 0.409 e. The monoisotopic (exact) mass is 545 g/mol. The molecule has 2 bridgehead atoms. The van der Waals surface area contributed by atoms with Gasteiger partial charge in [0.05, 0.1) is 19.3 Å². The largest absolute Gasteiger partial charge is 0.453 e. The van der Waals surface area contributed by atoms with Gasteiger partial charge in [0, 0.05) is 49.4 Å². The number of hydrogen-bond donors (Lipinski definition) is 1. The lowest BCUT2D eigenvalue weighted by Gasteiger charge is -2.41. The van der Waals surface area contributed by atoms with Crippen LogP contribution in [0.5, 0.6) is 0 Å². The molecule has 196 valence electrons.